The Morgan fingerprint density at radius 2 is 1.20 bits per heavy atom. The summed E-state index contributed by atoms with van der Waals surface area (Å²) in [6, 6.07) is 0. The van der Waals surface area contributed by atoms with Crippen molar-refractivity contribution in [2.24, 2.45) is 0 Å². The largest absolute Gasteiger partial charge is 0.362 e. The predicted molar refractivity (Wildman–Crippen MR) is 107 cm³/mol. The molecule has 0 saturated carbocycles. The normalized spacial score (nSPS) is 17.0. The van der Waals surface area contributed by atoms with Gasteiger partial charge >= 0.3 is 0 Å². The van der Waals surface area contributed by atoms with Crippen molar-refractivity contribution in [2.45, 2.75) is 45.4 Å². The molecule has 0 aromatic heterocycles. The van der Waals surface area contributed by atoms with Crippen LogP contribution in [0.5, 0.6) is 0 Å². The van der Waals surface area contributed by atoms with Crippen molar-refractivity contribution in [2.75, 3.05) is 60.2 Å². The Hall–Kier alpha value is -1.36. The average molecular weight is 350 g/mol. The highest BCUT2D eigenvalue weighted by atomic mass is 15.3. The lowest BCUT2D eigenvalue weighted by Crippen LogP contribution is -2.32. The first-order valence-electron chi connectivity index (χ1n) is 10.1. The van der Waals surface area contributed by atoms with Gasteiger partial charge in [0.15, 0.2) is 0 Å². The third kappa shape index (κ3) is 8.04. The summed E-state index contributed by atoms with van der Waals surface area (Å²) in [7, 11) is 4.28. The van der Waals surface area contributed by atoms with Crippen molar-refractivity contribution in [1.29, 1.82) is 0 Å². The number of hydrogen-bond donors (Lipinski definition) is 0. The van der Waals surface area contributed by atoms with Crippen LogP contribution in [-0.2, 0) is 0 Å². The van der Waals surface area contributed by atoms with Crippen LogP contribution in [0.25, 0.3) is 0 Å². The molecule has 5 nitrogen and oxygen atoms in total. The molecule has 144 valence electrons. The van der Waals surface area contributed by atoms with Crippen molar-refractivity contribution >= 4 is 0 Å². The zero-order valence-electron chi connectivity index (χ0n) is 16.7. The minimum atomic E-state index is 1.05. The number of rotatable bonds is 13. The van der Waals surface area contributed by atoms with Crippen molar-refractivity contribution in [1.82, 2.24) is 24.5 Å². The van der Waals surface area contributed by atoms with Crippen LogP contribution in [0.1, 0.15) is 45.4 Å². The van der Waals surface area contributed by atoms with E-state index in [9.17, 15) is 0 Å². The lowest BCUT2D eigenvalue weighted by molar-refractivity contribution is 0.220. The number of unbranched alkanes of at least 4 members (excludes halogenated alkanes) is 3. The third-order valence-electron chi connectivity index (χ3n) is 5.04. The number of hydrogen-bond acceptors (Lipinski definition) is 5. The molecule has 2 rings (SSSR count). The SMILES string of the molecule is CCCCCCN(CCCN1C=CN(C)C1)CCCN1C=CN(C)C1. The van der Waals surface area contributed by atoms with Gasteiger partial charge in [-0.1, -0.05) is 26.2 Å². The molecule has 0 saturated heterocycles. The minimum Gasteiger partial charge on any atom is -0.362 e. The molecular weight excluding hydrogens is 310 g/mol. The van der Waals surface area contributed by atoms with E-state index in [0.717, 1.165) is 13.3 Å². The van der Waals surface area contributed by atoms with Crippen molar-refractivity contribution in [3.8, 4) is 0 Å². The fraction of sp³-hybridized carbons (Fsp3) is 0.800. The molecule has 2 aliphatic heterocycles. The second kappa shape index (κ2) is 11.3. The monoisotopic (exact) mass is 349 g/mol. The van der Waals surface area contributed by atoms with E-state index in [2.05, 4.69) is 70.3 Å². The molecule has 0 spiro atoms. The van der Waals surface area contributed by atoms with E-state index in [-0.39, 0.29) is 0 Å². The Labute approximate surface area is 155 Å². The fourth-order valence-electron chi connectivity index (χ4n) is 3.56. The van der Waals surface area contributed by atoms with Crippen molar-refractivity contribution in [3.63, 3.8) is 0 Å². The lowest BCUT2D eigenvalue weighted by atomic mass is 10.2. The maximum Gasteiger partial charge on any atom is 0.0890 e. The van der Waals surface area contributed by atoms with Crippen molar-refractivity contribution in [3.05, 3.63) is 24.8 Å². The smallest absolute Gasteiger partial charge is 0.0890 e. The Balaban J connectivity index is 1.62. The van der Waals surface area contributed by atoms with Gasteiger partial charge in [0.05, 0.1) is 13.3 Å². The molecule has 0 aromatic carbocycles. The van der Waals surface area contributed by atoms with E-state index in [0.29, 0.717) is 0 Å². The summed E-state index contributed by atoms with van der Waals surface area (Å²) in [4.78, 5) is 12.0. The first kappa shape index (κ1) is 20.0. The van der Waals surface area contributed by atoms with Crippen LogP contribution in [0.2, 0.25) is 0 Å². The molecule has 0 bridgehead atoms. The zero-order chi connectivity index (χ0) is 17.9. The van der Waals surface area contributed by atoms with E-state index in [4.69, 9.17) is 0 Å². The molecule has 0 aromatic rings. The van der Waals surface area contributed by atoms with Gasteiger partial charge in [0.1, 0.15) is 0 Å². The van der Waals surface area contributed by atoms with Crippen LogP contribution in [0.4, 0.5) is 0 Å². The van der Waals surface area contributed by atoms with Gasteiger partial charge in [-0.15, -0.1) is 0 Å². The Morgan fingerprint density at radius 1 is 0.680 bits per heavy atom. The van der Waals surface area contributed by atoms with E-state index in [1.54, 1.807) is 0 Å². The van der Waals surface area contributed by atoms with Crippen LogP contribution in [0.3, 0.4) is 0 Å². The first-order chi connectivity index (χ1) is 12.2. The van der Waals surface area contributed by atoms with E-state index >= 15 is 0 Å². The van der Waals surface area contributed by atoms with Gasteiger partial charge in [-0.05, 0) is 38.9 Å². The summed E-state index contributed by atoms with van der Waals surface area (Å²) in [5, 5.41) is 0. The van der Waals surface area contributed by atoms with Crippen LogP contribution in [-0.4, -0.2) is 84.7 Å². The fourth-order valence-corrected chi connectivity index (χ4v) is 3.56. The van der Waals surface area contributed by atoms with Gasteiger partial charge in [-0.3, -0.25) is 0 Å². The van der Waals surface area contributed by atoms with Gasteiger partial charge in [0.2, 0.25) is 0 Å². The summed E-state index contributed by atoms with van der Waals surface area (Å²) in [5.41, 5.74) is 0. The highest BCUT2D eigenvalue weighted by Gasteiger charge is 2.11. The topological polar surface area (TPSA) is 16.2 Å². The van der Waals surface area contributed by atoms with Crippen LogP contribution >= 0.6 is 0 Å². The van der Waals surface area contributed by atoms with Crippen LogP contribution < -0.4 is 0 Å². The Bertz CT molecular complexity index is 377. The Morgan fingerprint density at radius 3 is 1.64 bits per heavy atom. The van der Waals surface area contributed by atoms with E-state index in [1.165, 1.54) is 71.2 Å². The molecule has 0 amide bonds. The third-order valence-corrected chi connectivity index (χ3v) is 5.04. The number of nitrogens with zero attached hydrogens (tertiary/aromatic N) is 5. The predicted octanol–water partition coefficient (Wildman–Crippen LogP) is 3.00. The molecule has 0 radical (unpaired) electrons. The minimum absolute atomic E-state index is 1.05. The molecule has 5 heteroatoms. The molecule has 0 unspecified atom stereocenters. The summed E-state index contributed by atoms with van der Waals surface area (Å²) < 4.78 is 0. The molecule has 0 fully saturated rings. The van der Waals surface area contributed by atoms with Gasteiger partial charge in [0.25, 0.3) is 0 Å². The quantitative estimate of drug-likeness (QED) is 0.474. The van der Waals surface area contributed by atoms with Gasteiger partial charge in [0, 0.05) is 52.0 Å². The summed E-state index contributed by atoms with van der Waals surface area (Å²) in [6.45, 7) is 10.5. The highest BCUT2D eigenvalue weighted by molar-refractivity contribution is 4.89. The average Bonchev–Trinajstić information content (AvgIpc) is 3.19. The molecule has 2 heterocycles. The standard InChI is InChI=1S/C20H39N5/c1-4-5-6-7-10-23(11-8-13-24-17-15-21(2)19-24)12-9-14-25-18-16-22(3)20-25/h15-18H,4-14,19-20H2,1-3H3. The molecule has 25 heavy (non-hydrogen) atoms. The lowest BCUT2D eigenvalue weighted by Gasteiger charge is -2.25. The van der Waals surface area contributed by atoms with Crippen molar-refractivity contribution < 1.29 is 0 Å². The van der Waals surface area contributed by atoms with Crippen LogP contribution in [0.15, 0.2) is 24.8 Å². The second-order valence-corrected chi connectivity index (χ2v) is 7.63. The molecule has 0 aliphatic carbocycles. The Kier molecular flexibility index (Phi) is 9.02. The molecule has 0 atom stereocenters. The van der Waals surface area contributed by atoms with E-state index < -0.39 is 0 Å². The summed E-state index contributed by atoms with van der Waals surface area (Å²) in [5.74, 6) is 0. The second-order valence-electron chi connectivity index (χ2n) is 7.63. The van der Waals surface area contributed by atoms with Crippen LogP contribution in [0, 0.1) is 0 Å². The maximum absolute atomic E-state index is 2.70. The highest BCUT2D eigenvalue weighted by Crippen LogP contribution is 2.08. The summed E-state index contributed by atoms with van der Waals surface area (Å²) >= 11 is 0. The molecule has 0 N–H and O–H groups in total. The van der Waals surface area contributed by atoms with Gasteiger partial charge in [-0.25, -0.2) is 0 Å². The van der Waals surface area contributed by atoms with Gasteiger partial charge < -0.3 is 24.5 Å². The summed E-state index contributed by atoms with van der Waals surface area (Å²) in [6.07, 6.45) is 16.7. The zero-order valence-corrected chi connectivity index (χ0v) is 16.7. The maximum atomic E-state index is 2.70. The molecule has 2 aliphatic rings. The van der Waals surface area contributed by atoms with E-state index in [1.807, 2.05) is 0 Å². The van der Waals surface area contributed by atoms with Gasteiger partial charge in [-0.2, -0.15) is 0 Å². The molecular formula is C20H39N5. The first-order valence-corrected chi connectivity index (χ1v) is 10.1.